The number of anilines is 1. The molecular weight excluding hydrogens is 210 g/mol. The highest BCUT2D eigenvalue weighted by Crippen LogP contribution is 2.10. The summed E-state index contributed by atoms with van der Waals surface area (Å²) in [5, 5.41) is 20.2. The lowest BCUT2D eigenvalue weighted by molar-refractivity contribution is -0.139. The van der Waals surface area contributed by atoms with Crippen LogP contribution in [0.1, 0.15) is 12.8 Å². The van der Waals surface area contributed by atoms with E-state index >= 15 is 0 Å². The molecule has 0 bridgehead atoms. The molecule has 0 aliphatic heterocycles. The lowest BCUT2D eigenvalue weighted by Crippen LogP contribution is -2.29. The number of carboxylic acid groups (broad SMARTS) is 2. The molecule has 1 rings (SSSR count). The summed E-state index contributed by atoms with van der Waals surface area (Å²) >= 11 is 0. The van der Waals surface area contributed by atoms with E-state index in [0.717, 1.165) is 0 Å². The van der Waals surface area contributed by atoms with Gasteiger partial charge in [0, 0.05) is 12.1 Å². The third kappa shape index (κ3) is 4.00. The Morgan fingerprint density at radius 2 is 1.81 bits per heavy atom. The smallest absolute Gasteiger partial charge is 0.326 e. The number of hydrogen-bond acceptors (Lipinski definition) is 3. The first-order chi connectivity index (χ1) is 7.59. The average Bonchev–Trinajstić information content (AvgIpc) is 2.25. The second-order valence-electron chi connectivity index (χ2n) is 3.33. The quantitative estimate of drug-likeness (QED) is 0.678. The molecule has 5 heteroatoms. The van der Waals surface area contributed by atoms with Gasteiger partial charge in [0.2, 0.25) is 0 Å². The van der Waals surface area contributed by atoms with E-state index in [1.54, 1.807) is 24.3 Å². The number of benzene rings is 1. The molecule has 0 aliphatic carbocycles. The summed E-state index contributed by atoms with van der Waals surface area (Å²) in [6, 6.07) is 7.96. The molecular formula is C11H13NO4. The van der Waals surface area contributed by atoms with Crippen LogP contribution in [0.5, 0.6) is 0 Å². The van der Waals surface area contributed by atoms with Gasteiger partial charge < -0.3 is 15.5 Å². The second-order valence-corrected chi connectivity index (χ2v) is 3.33. The number of aliphatic carboxylic acids is 2. The molecule has 0 saturated heterocycles. The summed E-state index contributed by atoms with van der Waals surface area (Å²) < 4.78 is 0. The predicted octanol–water partition coefficient (Wildman–Crippen LogP) is 1.42. The fraction of sp³-hybridized carbons (Fsp3) is 0.273. The largest absolute Gasteiger partial charge is 0.481 e. The molecule has 0 heterocycles. The molecule has 0 aromatic heterocycles. The number of para-hydroxylation sites is 1. The molecule has 0 saturated carbocycles. The van der Waals surface area contributed by atoms with Gasteiger partial charge in [-0.3, -0.25) is 4.79 Å². The molecule has 1 aromatic carbocycles. The summed E-state index contributed by atoms with van der Waals surface area (Å²) in [7, 11) is 0. The van der Waals surface area contributed by atoms with Crippen LogP contribution in [0, 0.1) is 0 Å². The van der Waals surface area contributed by atoms with Crippen molar-refractivity contribution >= 4 is 17.6 Å². The van der Waals surface area contributed by atoms with E-state index < -0.39 is 18.0 Å². The monoisotopic (exact) mass is 223 g/mol. The Morgan fingerprint density at radius 3 is 2.31 bits per heavy atom. The zero-order chi connectivity index (χ0) is 12.0. The first-order valence-electron chi connectivity index (χ1n) is 4.86. The lowest BCUT2D eigenvalue weighted by Gasteiger charge is -2.14. The zero-order valence-corrected chi connectivity index (χ0v) is 8.59. The SMILES string of the molecule is O=C(O)CC[C@@H](Nc1ccccc1)C(=O)O. The summed E-state index contributed by atoms with van der Waals surface area (Å²) in [4.78, 5) is 21.2. The minimum atomic E-state index is -1.05. The maximum Gasteiger partial charge on any atom is 0.326 e. The van der Waals surface area contributed by atoms with E-state index in [4.69, 9.17) is 10.2 Å². The van der Waals surface area contributed by atoms with Crippen molar-refractivity contribution in [2.45, 2.75) is 18.9 Å². The van der Waals surface area contributed by atoms with Crippen LogP contribution < -0.4 is 5.32 Å². The van der Waals surface area contributed by atoms with Gasteiger partial charge >= 0.3 is 11.9 Å². The van der Waals surface area contributed by atoms with Crippen molar-refractivity contribution in [2.75, 3.05) is 5.32 Å². The Kier molecular flexibility index (Phi) is 4.32. The Labute approximate surface area is 92.7 Å². The van der Waals surface area contributed by atoms with Gasteiger partial charge in [0.25, 0.3) is 0 Å². The van der Waals surface area contributed by atoms with Gasteiger partial charge in [-0.25, -0.2) is 4.79 Å². The predicted molar refractivity (Wildman–Crippen MR) is 58.4 cm³/mol. The lowest BCUT2D eigenvalue weighted by atomic mass is 10.1. The van der Waals surface area contributed by atoms with Crippen LogP contribution in [0.3, 0.4) is 0 Å². The van der Waals surface area contributed by atoms with Crippen LogP contribution in [0.4, 0.5) is 5.69 Å². The molecule has 0 amide bonds. The third-order valence-corrected chi connectivity index (χ3v) is 2.06. The van der Waals surface area contributed by atoms with E-state index in [1.165, 1.54) is 0 Å². The van der Waals surface area contributed by atoms with E-state index in [9.17, 15) is 9.59 Å². The van der Waals surface area contributed by atoms with Crippen LogP contribution in [0.25, 0.3) is 0 Å². The van der Waals surface area contributed by atoms with Crippen LogP contribution in [-0.4, -0.2) is 28.2 Å². The number of carbonyl (C=O) groups is 2. The van der Waals surface area contributed by atoms with Gasteiger partial charge in [-0.2, -0.15) is 0 Å². The summed E-state index contributed by atoms with van der Waals surface area (Å²) in [5.41, 5.74) is 0.667. The Bertz CT molecular complexity index is 364. The van der Waals surface area contributed by atoms with Crippen molar-refractivity contribution in [1.82, 2.24) is 0 Å². The first-order valence-corrected chi connectivity index (χ1v) is 4.86. The molecule has 1 aromatic rings. The Morgan fingerprint density at radius 1 is 1.19 bits per heavy atom. The third-order valence-electron chi connectivity index (χ3n) is 2.06. The number of hydrogen-bond donors (Lipinski definition) is 3. The van der Waals surface area contributed by atoms with Crippen LogP contribution in [-0.2, 0) is 9.59 Å². The topological polar surface area (TPSA) is 86.6 Å². The van der Waals surface area contributed by atoms with Gasteiger partial charge in [-0.05, 0) is 18.6 Å². The molecule has 5 nitrogen and oxygen atoms in total. The number of nitrogens with one attached hydrogen (secondary N) is 1. The van der Waals surface area contributed by atoms with E-state index in [1.807, 2.05) is 6.07 Å². The summed E-state index contributed by atoms with van der Waals surface area (Å²) in [6.45, 7) is 0. The standard InChI is InChI=1S/C11H13NO4/c13-10(14)7-6-9(11(15)16)12-8-4-2-1-3-5-8/h1-5,9,12H,6-7H2,(H,13,14)(H,15,16)/t9-/m1/s1. The first kappa shape index (κ1) is 12.0. The second kappa shape index (κ2) is 5.75. The Hall–Kier alpha value is -2.04. The summed E-state index contributed by atoms with van der Waals surface area (Å²) in [5.74, 6) is -2.05. The van der Waals surface area contributed by atoms with Crippen molar-refractivity contribution in [1.29, 1.82) is 0 Å². The molecule has 0 fully saturated rings. The van der Waals surface area contributed by atoms with Gasteiger partial charge in [0.05, 0.1) is 0 Å². The summed E-state index contributed by atoms with van der Waals surface area (Å²) in [6.07, 6.45) is -0.115. The molecule has 86 valence electrons. The molecule has 0 spiro atoms. The fourth-order valence-electron chi connectivity index (χ4n) is 1.26. The van der Waals surface area contributed by atoms with Gasteiger partial charge in [0.1, 0.15) is 6.04 Å². The molecule has 0 aliphatic rings. The molecule has 0 unspecified atom stereocenters. The molecule has 3 N–H and O–H groups in total. The number of carboxylic acids is 2. The van der Waals surface area contributed by atoms with Crippen LogP contribution >= 0.6 is 0 Å². The van der Waals surface area contributed by atoms with Crippen LogP contribution in [0.2, 0.25) is 0 Å². The van der Waals surface area contributed by atoms with Crippen molar-refractivity contribution in [2.24, 2.45) is 0 Å². The van der Waals surface area contributed by atoms with E-state index in [-0.39, 0.29) is 12.8 Å². The van der Waals surface area contributed by atoms with E-state index in [0.29, 0.717) is 5.69 Å². The number of rotatable bonds is 6. The maximum atomic E-state index is 10.9. The fourth-order valence-corrected chi connectivity index (χ4v) is 1.26. The van der Waals surface area contributed by atoms with Gasteiger partial charge in [-0.15, -0.1) is 0 Å². The Balaban J connectivity index is 2.58. The molecule has 1 atom stereocenters. The highest BCUT2D eigenvalue weighted by Gasteiger charge is 2.17. The van der Waals surface area contributed by atoms with Crippen molar-refractivity contribution in [3.8, 4) is 0 Å². The molecule has 16 heavy (non-hydrogen) atoms. The highest BCUT2D eigenvalue weighted by molar-refractivity contribution is 5.78. The van der Waals surface area contributed by atoms with Gasteiger partial charge in [-0.1, -0.05) is 18.2 Å². The van der Waals surface area contributed by atoms with Crippen LogP contribution in [0.15, 0.2) is 30.3 Å². The van der Waals surface area contributed by atoms with Crippen molar-refractivity contribution in [3.05, 3.63) is 30.3 Å². The van der Waals surface area contributed by atoms with Crippen molar-refractivity contribution in [3.63, 3.8) is 0 Å². The minimum absolute atomic E-state index is 0.0551. The maximum absolute atomic E-state index is 10.9. The van der Waals surface area contributed by atoms with Crippen molar-refractivity contribution < 1.29 is 19.8 Å². The highest BCUT2D eigenvalue weighted by atomic mass is 16.4. The van der Waals surface area contributed by atoms with E-state index in [2.05, 4.69) is 5.32 Å². The molecule has 0 radical (unpaired) electrons. The normalized spacial score (nSPS) is 11.8. The minimum Gasteiger partial charge on any atom is -0.481 e. The zero-order valence-electron chi connectivity index (χ0n) is 8.59. The van der Waals surface area contributed by atoms with Gasteiger partial charge in [0.15, 0.2) is 0 Å². The average molecular weight is 223 g/mol.